The van der Waals surface area contributed by atoms with Crippen LogP contribution < -0.4 is 10.6 Å². The summed E-state index contributed by atoms with van der Waals surface area (Å²) in [7, 11) is 0. The topological polar surface area (TPSA) is 93.7 Å². The van der Waals surface area contributed by atoms with Gasteiger partial charge in [0.05, 0.1) is 13.2 Å². The predicted octanol–water partition coefficient (Wildman–Crippen LogP) is 1.67. The average molecular weight is 326 g/mol. The van der Waals surface area contributed by atoms with E-state index in [0.717, 1.165) is 25.0 Å². The van der Waals surface area contributed by atoms with Gasteiger partial charge in [0.2, 0.25) is 0 Å². The van der Waals surface area contributed by atoms with Crippen molar-refractivity contribution in [3.8, 4) is 0 Å². The lowest BCUT2D eigenvalue weighted by Crippen LogP contribution is -2.43. The van der Waals surface area contributed by atoms with Crippen LogP contribution in [0.4, 0.5) is 4.79 Å². The molecule has 0 aromatic heterocycles. The van der Waals surface area contributed by atoms with Gasteiger partial charge in [-0.1, -0.05) is 19.3 Å². The number of hydrogen-bond acceptors (Lipinski definition) is 5. The summed E-state index contributed by atoms with van der Waals surface area (Å²) in [6.07, 6.45) is 8.23. The molecular weight excluding hydrogens is 300 g/mol. The molecular formula is C16H26N2O5. The Balaban J connectivity index is 2.02. The molecule has 1 saturated carbocycles. The number of hydrogen-bond donors (Lipinski definition) is 2. The van der Waals surface area contributed by atoms with Crippen LogP contribution in [-0.4, -0.2) is 43.8 Å². The Bertz CT molecular complexity index is 417. The lowest BCUT2D eigenvalue weighted by atomic mass is 9.96. The average Bonchev–Trinajstić information content (AvgIpc) is 2.54. The Labute approximate surface area is 136 Å². The van der Waals surface area contributed by atoms with Crippen LogP contribution >= 0.6 is 0 Å². The fourth-order valence-corrected chi connectivity index (χ4v) is 2.30. The van der Waals surface area contributed by atoms with E-state index >= 15 is 0 Å². The van der Waals surface area contributed by atoms with Crippen LogP contribution in [0.25, 0.3) is 0 Å². The van der Waals surface area contributed by atoms with Gasteiger partial charge >= 0.3 is 18.0 Å². The minimum atomic E-state index is -0.607. The molecule has 1 rings (SSSR count). The molecule has 0 saturated heterocycles. The van der Waals surface area contributed by atoms with Gasteiger partial charge in [0, 0.05) is 24.7 Å². The number of carbonyl (C=O) groups is 3. The third-order valence-electron chi connectivity index (χ3n) is 3.43. The summed E-state index contributed by atoms with van der Waals surface area (Å²) >= 11 is 0. The van der Waals surface area contributed by atoms with Crippen LogP contribution in [0.1, 0.15) is 45.4 Å². The summed E-state index contributed by atoms with van der Waals surface area (Å²) in [6, 6.07) is 0.0972. The van der Waals surface area contributed by atoms with Gasteiger partial charge in [-0.2, -0.15) is 0 Å². The van der Waals surface area contributed by atoms with E-state index < -0.39 is 11.9 Å². The predicted molar refractivity (Wildman–Crippen MR) is 84.8 cm³/mol. The van der Waals surface area contributed by atoms with Gasteiger partial charge in [0.25, 0.3) is 0 Å². The second-order valence-corrected chi connectivity index (χ2v) is 5.34. The van der Waals surface area contributed by atoms with Crippen molar-refractivity contribution in [2.75, 3.05) is 19.8 Å². The minimum absolute atomic E-state index is 0.176. The Morgan fingerprint density at radius 3 is 2.35 bits per heavy atom. The fourth-order valence-electron chi connectivity index (χ4n) is 2.30. The second kappa shape index (κ2) is 11.5. The largest absolute Gasteiger partial charge is 0.463 e. The van der Waals surface area contributed by atoms with Crippen LogP contribution in [0.3, 0.4) is 0 Å². The monoisotopic (exact) mass is 326 g/mol. The Hall–Kier alpha value is -2.05. The van der Waals surface area contributed by atoms with Gasteiger partial charge in [0.15, 0.2) is 0 Å². The normalized spacial score (nSPS) is 15.2. The molecule has 0 bridgehead atoms. The van der Waals surface area contributed by atoms with Crippen LogP contribution in [-0.2, 0) is 19.1 Å². The Morgan fingerprint density at radius 2 is 1.70 bits per heavy atom. The van der Waals surface area contributed by atoms with E-state index in [-0.39, 0.29) is 25.3 Å². The van der Waals surface area contributed by atoms with Gasteiger partial charge < -0.3 is 20.1 Å². The highest BCUT2D eigenvalue weighted by molar-refractivity contribution is 5.91. The van der Waals surface area contributed by atoms with Crippen molar-refractivity contribution in [1.82, 2.24) is 10.6 Å². The number of urea groups is 1. The van der Waals surface area contributed by atoms with Crippen LogP contribution in [0.15, 0.2) is 12.2 Å². The van der Waals surface area contributed by atoms with Crippen molar-refractivity contribution >= 4 is 18.0 Å². The number of nitrogens with one attached hydrogen (secondary N) is 2. The van der Waals surface area contributed by atoms with Gasteiger partial charge in [-0.25, -0.2) is 14.4 Å². The standard InChI is InChI=1S/C16H26N2O5/c1-2-22-14(19)9-10-15(20)23-12-6-11-17-16(21)18-13-7-4-3-5-8-13/h9-10,13H,2-8,11-12H2,1H3,(H2,17,18,21)/b10-9+. The van der Waals surface area contributed by atoms with E-state index in [2.05, 4.69) is 15.4 Å². The van der Waals surface area contributed by atoms with E-state index in [1.54, 1.807) is 6.92 Å². The SMILES string of the molecule is CCOC(=O)/C=C/C(=O)OCCCNC(=O)NC1CCCCC1. The molecule has 0 atom stereocenters. The Morgan fingerprint density at radius 1 is 1.04 bits per heavy atom. The molecule has 0 aliphatic heterocycles. The van der Waals surface area contributed by atoms with Crippen LogP contribution in [0.2, 0.25) is 0 Å². The quantitative estimate of drug-likeness (QED) is 0.402. The van der Waals surface area contributed by atoms with Crippen LogP contribution in [0.5, 0.6) is 0 Å². The molecule has 7 nitrogen and oxygen atoms in total. The van der Waals surface area contributed by atoms with Crippen molar-refractivity contribution in [3.05, 3.63) is 12.2 Å². The smallest absolute Gasteiger partial charge is 0.331 e. The summed E-state index contributed by atoms with van der Waals surface area (Å²) in [4.78, 5) is 33.9. The molecule has 7 heteroatoms. The van der Waals surface area contributed by atoms with E-state index in [1.807, 2.05) is 0 Å². The lowest BCUT2D eigenvalue weighted by Gasteiger charge is -2.22. The molecule has 130 valence electrons. The molecule has 2 amide bonds. The zero-order valence-corrected chi connectivity index (χ0v) is 13.6. The molecule has 2 N–H and O–H groups in total. The molecule has 1 aliphatic carbocycles. The lowest BCUT2D eigenvalue weighted by molar-refractivity contribution is -0.140. The van der Waals surface area contributed by atoms with E-state index in [0.29, 0.717) is 13.0 Å². The molecule has 0 radical (unpaired) electrons. The molecule has 0 spiro atoms. The summed E-state index contributed by atoms with van der Waals surface area (Å²) < 4.78 is 9.53. The maximum absolute atomic E-state index is 11.7. The highest BCUT2D eigenvalue weighted by Crippen LogP contribution is 2.16. The van der Waals surface area contributed by atoms with Gasteiger partial charge in [0.1, 0.15) is 0 Å². The third kappa shape index (κ3) is 9.55. The highest BCUT2D eigenvalue weighted by Gasteiger charge is 2.14. The fraction of sp³-hybridized carbons (Fsp3) is 0.688. The first-order chi connectivity index (χ1) is 11.1. The molecule has 1 fully saturated rings. The minimum Gasteiger partial charge on any atom is -0.463 e. The molecule has 23 heavy (non-hydrogen) atoms. The van der Waals surface area contributed by atoms with Gasteiger partial charge in [-0.15, -0.1) is 0 Å². The number of rotatable bonds is 8. The first kappa shape index (κ1) is 19.0. The van der Waals surface area contributed by atoms with Crippen molar-refractivity contribution < 1.29 is 23.9 Å². The number of amides is 2. The molecule has 0 heterocycles. The number of ether oxygens (including phenoxy) is 2. The molecule has 0 aromatic carbocycles. The van der Waals surface area contributed by atoms with Crippen molar-refractivity contribution in [1.29, 1.82) is 0 Å². The zero-order chi connectivity index (χ0) is 16.9. The van der Waals surface area contributed by atoms with Crippen molar-refractivity contribution in [3.63, 3.8) is 0 Å². The summed E-state index contributed by atoms with van der Waals surface area (Å²) in [5, 5.41) is 5.68. The van der Waals surface area contributed by atoms with Gasteiger partial charge in [-0.05, 0) is 26.2 Å². The van der Waals surface area contributed by atoms with Gasteiger partial charge in [-0.3, -0.25) is 0 Å². The first-order valence-corrected chi connectivity index (χ1v) is 8.17. The number of carbonyl (C=O) groups excluding carboxylic acids is 3. The highest BCUT2D eigenvalue weighted by atomic mass is 16.5. The Kier molecular flexibility index (Phi) is 9.51. The van der Waals surface area contributed by atoms with Crippen molar-refractivity contribution in [2.45, 2.75) is 51.5 Å². The summed E-state index contributed by atoms with van der Waals surface area (Å²) in [5.41, 5.74) is 0. The number of esters is 2. The first-order valence-electron chi connectivity index (χ1n) is 8.17. The summed E-state index contributed by atoms with van der Waals surface area (Å²) in [6.45, 7) is 2.54. The molecule has 1 aliphatic rings. The van der Waals surface area contributed by atoms with E-state index in [1.165, 1.54) is 19.3 Å². The maximum Gasteiger partial charge on any atom is 0.331 e. The van der Waals surface area contributed by atoms with E-state index in [4.69, 9.17) is 4.74 Å². The van der Waals surface area contributed by atoms with Crippen molar-refractivity contribution in [2.24, 2.45) is 0 Å². The van der Waals surface area contributed by atoms with E-state index in [9.17, 15) is 14.4 Å². The third-order valence-corrected chi connectivity index (χ3v) is 3.43. The summed E-state index contributed by atoms with van der Waals surface area (Å²) in [5.74, 6) is -1.18. The van der Waals surface area contributed by atoms with Crippen LogP contribution in [0, 0.1) is 0 Å². The molecule has 0 unspecified atom stereocenters. The zero-order valence-electron chi connectivity index (χ0n) is 13.6. The second-order valence-electron chi connectivity index (χ2n) is 5.34. The maximum atomic E-state index is 11.7. The molecule has 0 aromatic rings.